The van der Waals surface area contributed by atoms with Gasteiger partial charge >= 0.3 is 5.97 Å². The van der Waals surface area contributed by atoms with Gasteiger partial charge in [0.05, 0.1) is 5.41 Å². The average molecular weight is 376 g/mol. The van der Waals surface area contributed by atoms with Crippen LogP contribution < -0.4 is 10.6 Å². The van der Waals surface area contributed by atoms with E-state index in [1.807, 2.05) is 24.3 Å². The van der Waals surface area contributed by atoms with Crippen molar-refractivity contribution >= 4 is 17.6 Å². The van der Waals surface area contributed by atoms with Crippen molar-refractivity contribution in [3.8, 4) is 0 Å². The van der Waals surface area contributed by atoms with Gasteiger partial charge in [-0.1, -0.05) is 12.1 Å². The molecule has 0 bridgehead atoms. The van der Waals surface area contributed by atoms with Crippen molar-refractivity contribution in [3.63, 3.8) is 0 Å². The van der Waals surface area contributed by atoms with Gasteiger partial charge in [-0.05, 0) is 53.7 Å². The number of hydrogen-bond donors (Lipinski definition) is 2. The lowest BCUT2D eigenvalue weighted by atomic mass is 9.97. The number of hydrogen-bond acceptors (Lipinski definition) is 5. The highest BCUT2D eigenvalue weighted by Gasteiger charge is 2.34. The van der Waals surface area contributed by atoms with Gasteiger partial charge in [-0.25, -0.2) is 0 Å². The predicted octanol–water partition coefficient (Wildman–Crippen LogP) is 2.96. The third-order valence-electron chi connectivity index (χ3n) is 4.22. The first-order chi connectivity index (χ1) is 12.5. The zero-order valence-electron chi connectivity index (χ0n) is 17.4. The third kappa shape index (κ3) is 6.24. The van der Waals surface area contributed by atoms with Gasteiger partial charge < -0.3 is 20.3 Å². The molecule has 0 spiro atoms. The van der Waals surface area contributed by atoms with Gasteiger partial charge in [0.1, 0.15) is 0 Å². The maximum absolute atomic E-state index is 13.1. The smallest absolute Gasteiger partial charge is 0.312 e. The number of carbonyl (C=O) groups is 2. The van der Waals surface area contributed by atoms with E-state index in [2.05, 4.69) is 31.4 Å². The standard InChI is InChI=1S/C21H33N3O3/c1-20(2,3)19(26)27-17(18(25)24-13-11-22-12-14-24)15-7-9-16(10-8-15)23-21(4,5)6/h7-10,17,22-23H,11-14H2,1-6H3. The summed E-state index contributed by atoms with van der Waals surface area (Å²) in [6, 6.07) is 7.55. The Bertz CT molecular complexity index is 651. The van der Waals surface area contributed by atoms with Gasteiger partial charge in [0.15, 0.2) is 0 Å². The Kier molecular flexibility index (Phi) is 6.52. The van der Waals surface area contributed by atoms with Crippen LogP contribution in [0.25, 0.3) is 0 Å². The number of piperazine rings is 1. The number of esters is 1. The largest absolute Gasteiger partial charge is 0.447 e. The molecule has 27 heavy (non-hydrogen) atoms. The third-order valence-corrected chi connectivity index (χ3v) is 4.22. The first kappa shape index (κ1) is 21.2. The first-order valence-corrected chi connectivity index (χ1v) is 9.56. The fourth-order valence-corrected chi connectivity index (χ4v) is 2.77. The molecular formula is C21H33N3O3. The second-order valence-corrected chi connectivity index (χ2v) is 9.11. The van der Waals surface area contributed by atoms with Crippen LogP contribution in [0.2, 0.25) is 0 Å². The zero-order valence-corrected chi connectivity index (χ0v) is 17.4. The Morgan fingerprint density at radius 3 is 2.07 bits per heavy atom. The molecule has 1 aliphatic heterocycles. The summed E-state index contributed by atoms with van der Waals surface area (Å²) in [5.74, 6) is -0.543. The monoisotopic (exact) mass is 375 g/mol. The summed E-state index contributed by atoms with van der Waals surface area (Å²) < 4.78 is 5.69. The molecule has 1 saturated heterocycles. The van der Waals surface area contributed by atoms with E-state index >= 15 is 0 Å². The molecule has 6 heteroatoms. The van der Waals surface area contributed by atoms with Crippen molar-refractivity contribution in [1.82, 2.24) is 10.2 Å². The first-order valence-electron chi connectivity index (χ1n) is 9.56. The van der Waals surface area contributed by atoms with Gasteiger partial charge in [-0.2, -0.15) is 0 Å². The van der Waals surface area contributed by atoms with Crippen LogP contribution in [0, 0.1) is 5.41 Å². The van der Waals surface area contributed by atoms with Crippen LogP contribution in [-0.4, -0.2) is 48.5 Å². The molecule has 1 unspecified atom stereocenters. The maximum Gasteiger partial charge on any atom is 0.312 e. The molecule has 0 saturated carbocycles. The summed E-state index contributed by atoms with van der Waals surface area (Å²) in [5, 5.41) is 6.63. The van der Waals surface area contributed by atoms with Crippen LogP contribution in [0.15, 0.2) is 24.3 Å². The van der Waals surface area contributed by atoms with E-state index in [9.17, 15) is 9.59 Å². The van der Waals surface area contributed by atoms with Gasteiger partial charge in [-0.15, -0.1) is 0 Å². The summed E-state index contributed by atoms with van der Waals surface area (Å²) in [6.07, 6.45) is -0.918. The van der Waals surface area contributed by atoms with Gasteiger partial charge in [-0.3, -0.25) is 9.59 Å². The van der Waals surface area contributed by atoms with Crippen molar-refractivity contribution in [3.05, 3.63) is 29.8 Å². The molecule has 1 fully saturated rings. The molecule has 1 aliphatic rings. The number of nitrogens with one attached hydrogen (secondary N) is 2. The molecular weight excluding hydrogens is 342 g/mol. The van der Waals surface area contributed by atoms with Crippen molar-refractivity contribution < 1.29 is 14.3 Å². The van der Waals surface area contributed by atoms with E-state index in [4.69, 9.17) is 4.74 Å². The molecule has 2 N–H and O–H groups in total. The summed E-state index contributed by atoms with van der Waals surface area (Å²) in [6.45, 7) is 14.4. The minimum atomic E-state index is -0.918. The van der Waals surface area contributed by atoms with Crippen LogP contribution in [0.1, 0.15) is 53.2 Å². The second-order valence-electron chi connectivity index (χ2n) is 9.11. The van der Waals surface area contributed by atoms with Gasteiger partial charge in [0.25, 0.3) is 5.91 Å². The number of rotatable bonds is 4. The number of anilines is 1. The van der Waals surface area contributed by atoms with E-state index in [1.54, 1.807) is 25.7 Å². The van der Waals surface area contributed by atoms with Crippen LogP contribution in [-0.2, 0) is 14.3 Å². The number of benzene rings is 1. The minimum absolute atomic E-state index is 0.0593. The fourth-order valence-electron chi connectivity index (χ4n) is 2.77. The van der Waals surface area contributed by atoms with Crippen molar-refractivity contribution in [2.75, 3.05) is 31.5 Å². The van der Waals surface area contributed by atoms with Crippen LogP contribution in [0.4, 0.5) is 5.69 Å². The van der Waals surface area contributed by atoms with Crippen LogP contribution in [0.5, 0.6) is 0 Å². The quantitative estimate of drug-likeness (QED) is 0.792. The topological polar surface area (TPSA) is 70.7 Å². The molecule has 6 nitrogen and oxygen atoms in total. The lowest BCUT2D eigenvalue weighted by Gasteiger charge is -2.32. The molecule has 1 atom stereocenters. The zero-order chi connectivity index (χ0) is 20.2. The Labute approximate surface area is 162 Å². The molecule has 0 aliphatic carbocycles. The average Bonchev–Trinajstić information content (AvgIpc) is 2.58. The number of ether oxygens (including phenoxy) is 1. The van der Waals surface area contributed by atoms with Crippen molar-refractivity contribution in [2.45, 2.75) is 53.2 Å². The molecule has 1 amide bonds. The molecule has 0 radical (unpaired) electrons. The number of amides is 1. The Hall–Kier alpha value is -2.08. The van der Waals surface area contributed by atoms with Crippen molar-refractivity contribution in [1.29, 1.82) is 0 Å². The van der Waals surface area contributed by atoms with E-state index in [1.165, 1.54) is 0 Å². The number of nitrogens with zero attached hydrogens (tertiary/aromatic N) is 1. The minimum Gasteiger partial charge on any atom is -0.447 e. The summed E-state index contributed by atoms with van der Waals surface area (Å²) in [5.41, 5.74) is 0.920. The van der Waals surface area contributed by atoms with E-state index in [-0.39, 0.29) is 17.4 Å². The molecule has 1 heterocycles. The SMILES string of the molecule is CC(C)(C)Nc1ccc(C(OC(=O)C(C)(C)C)C(=O)N2CCNCC2)cc1. The molecule has 150 valence electrons. The lowest BCUT2D eigenvalue weighted by molar-refractivity contribution is -0.167. The van der Waals surface area contributed by atoms with E-state index < -0.39 is 11.5 Å². The Morgan fingerprint density at radius 1 is 1.04 bits per heavy atom. The normalized spacial score (nSPS) is 16.6. The summed E-state index contributed by atoms with van der Waals surface area (Å²) >= 11 is 0. The van der Waals surface area contributed by atoms with E-state index in [0.717, 1.165) is 18.8 Å². The molecule has 0 aromatic heterocycles. The highest BCUT2D eigenvalue weighted by atomic mass is 16.5. The Balaban J connectivity index is 2.25. The van der Waals surface area contributed by atoms with Crippen LogP contribution in [0.3, 0.4) is 0 Å². The lowest BCUT2D eigenvalue weighted by Crippen LogP contribution is -2.48. The van der Waals surface area contributed by atoms with Gasteiger partial charge in [0, 0.05) is 43.0 Å². The number of carbonyl (C=O) groups excluding carboxylic acids is 2. The maximum atomic E-state index is 13.1. The highest BCUT2D eigenvalue weighted by molar-refractivity contribution is 5.86. The Morgan fingerprint density at radius 2 is 1.59 bits per heavy atom. The second kappa shape index (κ2) is 8.30. The molecule has 1 aromatic rings. The van der Waals surface area contributed by atoms with Crippen LogP contribution >= 0.6 is 0 Å². The van der Waals surface area contributed by atoms with Gasteiger partial charge in [0.2, 0.25) is 6.10 Å². The summed E-state index contributed by atoms with van der Waals surface area (Å²) in [7, 11) is 0. The van der Waals surface area contributed by atoms with E-state index in [0.29, 0.717) is 18.7 Å². The highest BCUT2D eigenvalue weighted by Crippen LogP contribution is 2.27. The van der Waals surface area contributed by atoms with Crippen molar-refractivity contribution in [2.24, 2.45) is 5.41 Å². The summed E-state index contributed by atoms with van der Waals surface area (Å²) in [4.78, 5) is 27.3. The fraction of sp³-hybridized carbons (Fsp3) is 0.619. The predicted molar refractivity (Wildman–Crippen MR) is 108 cm³/mol. The molecule has 2 rings (SSSR count). The molecule has 1 aromatic carbocycles.